The number of phenolic OH excluding ortho intramolecular Hbond substituents is 2. The van der Waals surface area contributed by atoms with E-state index in [0.717, 1.165) is 41.6 Å². The second-order valence-corrected chi connectivity index (χ2v) is 6.02. The summed E-state index contributed by atoms with van der Waals surface area (Å²) in [7, 11) is 3.10. The largest absolute Gasteiger partial charge is 0.504 e. The van der Waals surface area contributed by atoms with Gasteiger partial charge in [-0.25, -0.2) is 0 Å². The molecule has 23 heavy (non-hydrogen) atoms. The summed E-state index contributed by atoms with van der Waals surface area (Å²) in [6.07, 6.45) is 1.67. The molecule has 0 radical (unpaired) electrons. The van der Waals surface area contributed by atoms with Crippen molar-refractivity contribution in [2.24, 2.45) is 0 Å². The number of ether oxygens (including phenoxy) is 2. The van der Waals surface area contributed by atoms with Gasteiger partial charge >= 0.3 is 0 Å². The van der Waals surface area contributed by atoms with Crippen LogP contribution in [0.25, 0.3) is 11.1 Å². The van der Waals surface area contributed by atoms with Crippen molar-refractivity contribution in [3.05, 3.63) is 34.9 Å². The lowest BCUT2D eigenvalue weighted by Crippen LogP contribution is -2.33. The van der Waals surface area contributed by atoms with E-state index in [1.54, 1.807) is 13.2 Å². The summed E-state index contributed by atoms with van der Waals surface area (Å²) in [4.78, 5) is 0. The normalized spacial score (nSPS) is 18.1. The fraction of sp³-hybridized carbons (Fsp3) is 0.333. The minimum atomic E-state index is 0.129. The first-order chi connectivity index (χ1) is 11.1. The minimum absolute atomic E-state index is 0.129. The van der Waals surface area contributed by atoms with E-state index in [2.05, 4.69) is 5.32 Å². The van der Waals surface area contributed by atoms with E-state index < -0.39 is 0 Å². The first kappa shape index (κ1) is 14.2. The van der Waals surface area contributed by atoms with Gasteiger partial charge in [0.15, 0.2) is 23.0 Å². The van der Waals surface area contributed by atoms with E-state index in [4.69, 9.17) is 9.47 Å². The number of methoxy groups -OCH3 is 2. The van der Waals surface area contributed by atoms with Crippen LogP contribution in [-0.2, 0) is 12.8 Å². The Morgan fingerprint density at radius 3 is 2.57 bits per heavy atom. The standard InChI is InChI=1S/C18H19NO4/c1-22-15-8-11-10(7-13(15)20)5-12-16-9(3-4-19-12)6-14(21)18(23-2)17(11)16/h6-8,12,19-21H,3-5H2,1-2H3/t12-/m1/s1. The quantitative estimate of drug-likeness (QED) is 0.795. The van der Waals surface area contributed by atoms with Crippen molar-refractivity contribution >= 4 is 0 Å². The van der Waals surface area contributed by atoms with Crippen LogP contribution in [0.2, 0.25) is 0 Å². The molecule has 5 heteroatoms. The molecule has 0 aromatic heterocycles. The van der Waals surface area contributed by atoms with Crippen molar-refractivity contribution in [1.29, 1.82) is 0 Å². The summed E-state index contributed by atoms with van der Waals surface area (Å²) in [6, 6.07) is 5.56. The third kappa shape index (κ3) is 1.96. The molecular weight excluding hydrogens is 294 g/mol. The summed E-state index contributed by atoms with van der Waals surface area (Å²) in [6.45, 7) is 0.875. The van der Waals surface area contributed by atoms with Crippen LogP contribution in [0, 0.1) is 0 Å². The number of rotatable bonds is 2. The Bertz CT molecular complexity index is 800. The highest BCUT2D eigenvalue weighted by Gasteiger charge is 2.34. The van der Waals surface area contributed by atoms with Crippen LogP contribution in [0.1, 0.15) is 22.7 Å². The Morgan fingerprint density at radius 2 is 1.83 bits per heavy atom. The Hall–Kier alpha value is -2.40. The van der Waals surface area contributed by atoms with Crippen molar-refractivity contribution in [2.75, 3.05) is 20.8 Å². The summed E-state index contributed by atoms with van der Waals surface area (Å²) in [5.74, 6) is 1.18. The lowest BCUT2D eigenvalue weighted by molar-refractivity contribution is 0.368. The number of hydrogen-bond acceptors (Lipinski definition) is 5. The van der Waals surface area contributed by atoms with Crippen LogP contribution >= 0.6 is 0 Å². The van der Waals surface area contributed by atoms with Crippen molar-refractivity contribution in [3.8, 4) is 34.1 Å². The summed E-state index contributed by atoms with van der Waals surface area (Å²) < 4.78 is 10.8. The van der Waals surface area contributed by atoms with E-state index in [1.165, 1.54) is 12.7 Å². The van der Waals surface area contributed by atoms with Gasteiger partial charge in [0.1, 0.15) is 0 Å². The first-order valence-corrected chi connectivity index (χ1v) is 7.70. The third-order valence-electron chi connectivity index (χ3n) is 4.82. The molecule has 1 heterocycles. The number of benzene rings is 2. The van der Waals surface area contributed by atoms with E-state index in [0.29, 0.717) is 11.5 Å². The molecular formula is C18H19NO4. The maximum Gasteiger partial charge on any atom is 0.168 e. The number of fused-ring (bicyclic) bond motifs is 2. The van der Waals surface area contributed by atoms with Crippen molar-refractivity contribution in [2.45, 2.75) is 18.9 Å². The molecule has 120 valence electrons. The molecule has 2 aromatic rings. The predicted molar refractivity (Wildman–Crippen MR) is 86.5 cm³/mol. The average Bonchev–Trinajstić information content (AvgIpc) is 2.54. The maximum absolute atomic E-state index is 10.4. The molecule has 0 unspecified atom stereocenters. The summed E-state index contributed by atoms with van der Waals surface area (Å²) in [5.41, 5.74) is 5.21. The molecule has 0 bridgehead atoms. The first-order valence-electron chi connectivity index (χ1n) is 7.70. The highest BCUT2D eigenvalue weighted by molar-refractivity contribution is 5.84. The second-order valence-electron chi connectivity index (χ2n) is 6.02. The zero-order valence-electron chi connectivity index (χ0n) is 13.1. The van der Waals surface area contributed by atoms with Crippen molar-refractivity contribution in [3.63, 3.8) is 0 Å². The van der Waals surface area contributed by atoms with Gasteiger partial charge < -0.3 is 25.0 Å². The monoisotopic (exact) mass is 313 g/mol. The lowest BCUT2D eigenvalue weighted by Gasteiger charge is -2.35. The smallest absolute Gasteiger partial charge is 0.168 e. The van der Waals surface area contributed by atoms with Crippen LogP contribution in [0.15, 0.2) is 18.2 Å². The van der Waals surface area contributed by atoms with Crippen molar-refractivity contribution in [1.82, 2.24) is 5.32 Å². The van der Waals surface area contributed by atoms with E-state index in [9.17, 15) is 10.2 Å². The molecule has 2 aliphatic rings. The van der Waals surface area contributed by atoms with Gasteiger partial charge in [-0.15, -0.1) is 0 Å². The van der Waals surface area contributed by atoms with Gasteiger partial charge in [0, 0.05) is 11.6 Å². The minimum Gasteiger partial charge on any atom is -0.504 e. The van der Waals surface area contributed by atoms with Crippen LogP contribution in [0.4, 0.5) is 0 Å². The van der Waals surface area contributed by atoms with Gasteiger partial charge in [0.05, 0.1) is 14.2 Å². The maximum atomic E-state index is 10.4. The van der Waals surface area contributed by atoms with Gasteiger partial charge in [-0.1, -0.05) is 0 Å². The molecule has 0 spiro atoms. The Labute approximate surface area is 134 Å². The Kier molecular flexibility index (Phi) is 3.13. The van der Waals surface area contributed by atoms with E-state index in [-0.39, 0.29) is 17.5 Å². The fourth-order valence-electron chi connectivity index (χ4n) is 3.85. The Balaban J connectivity index is 2.07. The molecule has 1 aliphatic carbocycles. The average molecular weight is 313 g/mol. The highest BCUT2D eigenvalue weighted by Crippen LogP contribution is 2.52. The summed E-state index contributed by atoms with van der Waals surface area (Å²) >= 11 is 0. The molecule has 5 nitrogen and oxygen atoms in total. The molecule has 0 saturated carbocycles. The predicted octanol–water partition coefficient (Wildman–Crippen LogP) is 2.52. The zero-order valence-corrected chi connectivity index (χ0v) is 13.1. The second kappa shape index (κ2) is 5.06. The molecule has 0 saturated heterocycles. The van der Waals surface area contributed by atoms with Gasteiger partial charge in [-0.05, 0) is 59.8 Å². The third-order valence-corrected chi connectivity index (χ3v) is 4.82. The zero-order chi connectivity index (χ0) is 16.1. The van der Waals surface area contributed by atoms with Gasteiger partial charge in [-0.3, -0.25) is 0 Å². The van der Waals surface area contributed by atoms with Gasteiger partial charge in [0.25, 0.3) is 0 Å². The lowest BCUT2D eigenvalue weighted by atomic mass is 9.77. The number of nitrogens with one attached hydrogen (secondary N) is 1. The fourth-order valence-corrected chi connectivity index (χ4v) is 3.85. The highest BCUT2D eigenvalue weighted by atomic mass is 16.5. The Morgan fingerprint density at radius 1 is 1.04 bits per heavy atom. The van der Waals surface area contributed by atoms with Gasteiger partial charge in [-0.2, -0.15) is 0 Å². The summed E-state index contributed by atoms with van der Waals surface area (Å²) in [5, 5.41) is 24.0. The van der Waals surface area contributed by atoms with Crippen LogP contribution in [0.3, 0.4) is 0 Å². The molecule has 4 rings (SSSR count). The molecule has 1 atom stereocenters. The number of phenols is 2. The molecule has 1 aliphatic heterocycles. The van der Waals surface area contributed by atoms with E-state index in [1.807, 2.05) is 12.1 Å². The number of hydrogen-bond donors (Lipinski definition) is 3. The SMILES string of the molecule is COc1cc2c(cc1O)C[C@H]1NCCc3cc(O)c(OC)c-2c31. The van der Waals surface area contributed by atoms with E-state index >= 15 is 0 Å². The van der Waals surface area contributed by atoms with Crippen LogP contribution in [-0.4, -0.2) is 31.0 Å². The topological polar surface area (TPSA) is 71.0 Å². The molecule has 0 fully saturated rings. The number of aromatic hydroxyl groups is 2. The van der Waals surface area contributed by atoms with Crippen LogP contribution in [0.5, 0.6) is 23.0 Å². The molecule has 0 amide bonds. The van der Waals surface area contributed by atoms with Crippen LogP contribution < -0.4 is 14.8 Å². The molecule has 3 N–H and O–H groups in total. The van der Waals surface area contributed by atoms with Crippen molar-refractivity contribution < 1.29 is 19.7 Å². The van der Waals surface area contributed by atoms with Gasteiger partial charge in [0.2, 0.25) is 0 Å². The molecule has 2 aromatic carbocycles.